The van der Waals surface area contributed by atoms with E-state index in [1.54, 1.807) is 6.92 Å². The summed E-state index contributed by atoms with van der Waals surface area (Å²) in [5, 5.41) is 7.78. The summed E-state index contributed by atoms with van der Waals surface area (Å²) in [5.41, 5.74) is -0.471. The van der Waals surface area contributed by atoms with Crippen molar-refractivity contribution in [1.82, 2.24) is 15.5 Å². The molecular formula is C24H29N3O3. The van der Waals surface area contributed by atoms with E-state index in [0.717, 1.165) is 34.1 Å². The van der Waals surface area contributed by atoms with E-state index in [4.69, 9.17) is 0 Å². The standard InChI is InChI=1S/C24H29N3O3/c1-15-8-6-13-20(16(15)2)25-21(28)14-27-22(29)24(3,26-23(27)30)19-12-7-10-17-9-4-5-11-18(17)19/h4-5,7,9-12,15-16,20H,6,8,13-14H2,1-3H3,(H,25,28)(H,26,30). The van der Waals surface area contributed by atoms with Crippen LogP contribution in [0.3, 0.4) is 0 Å². The zero-order chi connectivity index (χ0) is 21.5. The molecule has 1 heterocycles. The van der Waals surface area contributed by atoms with Crippen LogP contribution in [0.1, 0.15) is 45.6 Å². The minimum absolute atomic E-state index is 0.0893. The second-order valence-corrected chi connectivity index (χ2v) is 8.91. The van der Waals surface area contributed by atoms with Crippen molar-refractivity contribution in [2.24, 2.45) is 11.8 Å². The lowest BCUT2D eigenvalue weighted by molar-refractivity contribution is -0.135. The largest absolute Gasteiger partial charge is 0.352 e. The number of amides is 4. The van der Waals surface area contributed by atoms with Crippen molar-refractivity contribution in [3.8, 4) is 0 Å². The third kappa shape index (κ3) is 3.44. The van der Waals surface area contributed by atoms with Gasteiger partial charge >= 0.3 is 6.03 Å². The molecule has 4 rings (SSSR count). The highest BCUT2D eigenvalue weighted by atomic mass is 16.2. The molecule has 1 saturated heterocycles. The molecule has 1 aliphatic heterocycles. The summed E-state index contributed by atoms with van der Waals surface area (Å²) >= 11 is 0. The zero-order valence-electron chi connectivity index (χ0n) is 17.8. The van der Waals surface area contributed by atoms with Crippen LogP contribution in [0.4, 0.5) is 4.79 Å². The molecule has 0 aromatic heterocycles. The lowest BCUT2D eigenvalue weighted by Crippen LogP contribution is -2.49. The molecule has 2 aliphatic rings. The maximum Gasteiger partial charge on any atom is 0.325 e. The zero-order valence-corrected chi connectivity index (χ0v) is 17.8. The van der Waals surface area contributed by atoms with Gasteiger partial charge in [0, 0.05) is 6.04 Å². The first-order valence-corrected chi connectivity index (χ1v) is 10.7. The fourth-order valence-electron chi connectivity index (χ4n) is 4.87. The van der Waals surface area contributed by atoms with E-state index in [1.807, 2.05) is 42.5 Å². The number of rotatable bonds is 4. The quantitative estimate of drug-likeness (QED) is 0.761. The molecule has 4 unspecified atom stereocenters. The van der Waals surface area contributed by atoms with Crippen LogP contribution in [0, 0.1) is 11.8 Å². The van der Waals surface area contributed by atoms with E-state index < -0.39 is 17.5 Å². The Labute approximate surface area is 177 Å². The van der Waals surface area contributed by atoms with Gasteiger partial charge in [-0.25, -0.2) is 4.79 Å². The molecule has 6 heteroatoms. The van der Waals surface area contributed by atoms with Crippen LogP contribution >= 0.6 is 0 Å². The maximum atomic E-state index is 13.3. The molecule has 2 aromatic rings. The number of fused-ring (bicyclic) bond motifs is 1. The molecule has 30 heavy (non-hydrogen) atoms. The second-order valence-electron chi connectivity index (χ2n) is 8.91. The van der Waals surface area contributed by atoms with Crippen LogP contribution in [0.15, 0.2) is 42.5 Å². The van der Waals surface area contributed by atoms with Crippen LogP contribution in [0.5, 0.6) is 0 Å². The summed E-state index contributed by atoms with van der Waals surface area (Å²) in [4.78, 5) is 39.7. The van der Waals surface area contributed by atoms with Gasteiger partial charge in [0.05, 0.1) is 0 Å². The highest BCUT2D eigenvalue weighted by Crippen LogP contribution is 2.34. The Balaban J connectivity index is 1.53. The minimum Gasteiger partial charge on any atom is -0.352 e. The first-order valence-electron chi connectivity index (χ1n) is 10.7. The molecular weight excluding hydrogens is 378 g/mol. The van der Waals surface area contributed by atoms with Gasteiger partial charge in [0.1, 0.15) is 12.1 Å². The Hall–Kier alpha value is -2.89. The Kier molecular flexibility index (Phi) is 5.26. The SMILES string of the molecule is CC1CCCC(NC(=O)CN2C(=O)NC(C)(c3cccc4ccccc34)C2=O)C1C. The molecule has 2 fully saturated rings. The van der Waals surface area contributed by atoms with Crippen molar-refractivity contribution in [1.29, 1.82) is 0 Å². The van der Waals surface area contributed by atoms with Crippen LogP contribution < -0.4 is 10.6 Å². The molecule has 0 spiro atoms. The van der Waals surface area contributed by atoms with Crippen LogP contribution in [0.25, 0.3) is 10.8 Å². The van der Waals surface area contributed by atoms with E-state index in [-0.39, 0.29) is 18.5 Å². The molecule has 1 saturated carbocycles. The number of hydrogen-bond acceptors (Lipinski definition) is 3. The van der Waals surface area contributed by atoms with Gasteiger partial charge in [-0.3, -0.25) is 14.5 Å². The summed E-state index contributed by atoms with van der Waals surface area (Å²) in [6, 6.07) is 13.0. The third-order valence-corrected chi connectivity index (χ3v) is 6.96. The number of imide groups is 1. The van der Waals surface area contributed by atoms with Crippen molar-refractivity contribution in [3.05, 3.63) is 48.0 Å². The van der Waals surface area contributed by atoms with E-state index in [0.29, 0.717) is 11.8 Å². The molecule has 2 aromatic carbocycles. The maximum absolute atomic E-state index is 13.3. The number of hydrogen-bond donors (Lipinski definition) is 2. The summed E-state index contributed by atoms with van der Waals surface area (Å²) in [5.74, 6) is 0.248. The molecule has 0 bridgehead atoms. The number of benzene rings is 2. The van der Waals surface area contributed by atoms with Gasteiger partial charge in [0.25, 0.3) is 5.91 Å². The molecule has 4 atom stereocenters. The predicted molar refractivity (Wildman–Crippen MR) is 116 cm³/mol. The van der Waals surface area contributed by atoms with Crippen molar-refractivity contribution in [2.45, 2.75) is 51.6 Å². The minimum atomic E-state index is -1.20. The second kappa shape index (κ2) is 7.74. The van der Waals surface area contributed by atoms with Crippen LogP contribution in [0.2, 0.25) is 0 Å². The van der Waals surface area contributed by atoms with E-state index >= 15 is 0 Å². The van der Waals surface area contributed by atoms with Gasteiger partial charge in [0.2, 0.25) is 5.91 Å². The topological polar surface area (TPSA) is 78.5 Å². The van der Waals surface area contributed by atoms with Crippen molar-refractivity contribution < 1.29 is 14.4 Å². The molecule has 0 radical (unpaired) electrons. The monoisotopic (exact) mass is 407 g/mol. The summed E-state index contributed by atoms with van der Waals surface area (Å²) < 4.78 is 0. The number of nitrogens with one attached hydrogen (secondary N) is 2. The first kappa shape index (κ1) is 20.4. The summed E-state index contributed by atoms with van der Waals surface area (Å²) in [7, 11) is 0. The fraction of sp³-hybridized carbons (Fsp3) is 0.458. The Bertz CT molecular complexity index is 999. The average Bonchev–Trinajstić information content (AvgIpc) is 2.95. The number of urea groups is 1. The van der Waals surface area contributed by atoms with E-state index in [2.05, 4.69) is 24.5 Å². The summed E-state index contributed by atoms with van der Waals surface area (Å²) in [6.45, 7) is 5.80. The van der Waals surface area contributed by atoms with Gasteiger partial charge < -0.3 is 10.6 Å². The van der Waals surface area contributed by atoms with Gasteiger partial charge in [0.15, 0.2) is 0 Å². The van der Waals surface area contributed by atoms with Gasteiger partial charge in [-0.15, -0.1) is 0 Å². The van der Waals surface area contributed by atoms with Gasteiger partial charge in [-0.1, -0.05) is 69.2 Å². The number of carbonyl (C=O) groups excluding carboxylic acids is 3. The van der Waals surface area contributed by atoms with Gasteiger partial charge in [-0.2, -0.15) is 0 Å². The van der Waals surface area contributed by atoms with Crippen LogP contribution in [-0.4, -0.2) is 35.3 Å². The normalized spacial score (nSPS) is 29.2. The highest BCUT2D eigenvalue weighted by molar-refractivity contribution is 6.10. The Morgan fingerprint density at radius 2 is 1.87 bits per heavy atom. The van der Waals surface area contributed by atoms with Crippen LogP contribution in [-0.2, 0) is 15.1 Å². The number of carbonyl (C=O) groups is 3. The highest BCUT2D eigenvalue weighted by Gasteiger charge is 2.50. The lowest BCUT2D eigenvalue weighted by Gasteiger charge is -2.34. The molecule has 158 valence electrons. The molecule has 2 N–H and O–H groups in total. The van der Waals surface area contributed by atoms with Crippen molar-refractivity contribution >= 4 is 28.6 Å². The lowest BCUT2D eigenvalue weighted by atomic mass is 9.78. The summed E-state index contributed by atoms with van der Waals surface area (Å²) in [6.07, 6.45) is 3.19. The van der Waals surface area contributed by atoms with Crippen molar-refractivity contribution in [3.63, 3.8) is 0 Å². The number of nitrogens with zero attached hydrogens (tertiary/aromatic N) is 1. The Morgan fingerprint density at radius 3 is 2.67 bits per heavy atom. The molecule has 1 aliphatic carbocycles. The first-order chi connectivity index (χ1) is 14.3. The van der Waals surface area contributed by atoms with Gasteiger partial charge in [-0.05, 0) is 41.5 Å². The average molecular weight is 408 g/mol. The molecule has 4 amide bonds. The Morgan fingerprint density at radius 1 is 1.13 bits per heavy atom. The predicted octanol–water partition coefficient (Wildman–Crippen LogP) is 3.55. The van der Waals surface area contributed by atoms with E-state index in [1.165, 1.54) is 6.42 Å². The molecule has 6 nitrogen and oxygen atoms in total. The third-order valence-electron chi connectivity index (χ3n) is 6.96. The van der Waals surface area contributed by atoms with Crippen molar-refractivity contribution in [2.75, 3.05) is 6.54 Å². The fourth-order valence-corrected chi connectivity index (χ4v) is 4.87. The smallest absolute Gasteiger partial charge is 0.325 e. The van der Waals surface area contributed by atoms with E-state index in [9.17, 15) is 14.4 Å².